The van der Waals surface area contributed by atoms with E-state index < -0.39 is 4.92 Å². The molecule has 0 spiro atoms. The van der Waals surface area contributed by atoms with Crippen LogP contribution in [0.2, 0.25) is 0 Å². The first-order valence-electron chi connectivity index (χ1n) is 6.11. The van der Waals surface area contributed by atoms with Crippen molar-refractivity contribution in [1.29, 1.82) is 0 Å². The lowest BCUT2D eigenvalue weighted by atomic mass is 10.1. The number of hydrogen-bond acceptors (Lipinski definition) is 6. The quantitative estimate of drug-likeness (QED) is 0.603. The lowest BCUT2D eigenvalue weighted by molar-refractivity contribution is -0.384. The van der Waals surface area contributed by atoms with Crippen molar-refractivity contribution in [3.05, 3.63) is 39.4 Å². The van der Waals surface area contributed by atoms with Crippen molar-refractivity contribution in [2.75, 3.05) is 26.2 Å². The van der Waals surface area contributed by atoms with Crippen LogP contribution in [0.15, 0.2) is 28.2 Å². The average Bonchev–Trinajstić information content (AvgIpc) is 3.11. The molecule has 0 radical (unpaired) electrons. The van der Waals surface area contributed by atoms with Gasteiger partial charge in [-0.05, 0) is 6.07 Å². The van der Waals surface area contributed by atoms with Crippen molar-refractivity contribution in [1.82, 2.24) is 10.6 Å². The van der Waals surface area contributed by atoms with E-state index in [1.165, 1.54) is 12.1 Å². The van der Waals surface area contributed by atoms with Gasteiger partial charge in [-0.15, -0.1) is 0 Å². The van der Waals surface area contributed by atoms with E-state index in [-0.39, 0.29) is 5.69 Å². The maximum atomic E-state index is 11.0. The second-order valence-electron chi connectivity index (χ2n) is 4.34. The largest absolute Gasteiger partial charge is 0.368 e. The minimum Gasteiger partial charge on any atom is -0.368 e. The molecule has 1 aromatic carbocycles. The van der Waals surface area contributed by atoms with Crippen molar-refractivity contribution in [3.63, 3.8) is 0 Å². The number of nitrogens with zero attached hydrogens (tertiary/aromatic N) is 3. The average molecular weight is 259 g/mol. The molecule has 0 fully saturated rings. The molecule has 2 aliphatic heterocycles. The van der Waals surface area contributed by atoms with E-state index in [9.17, 15) is 10.1 Å². The van der Waals surface area contributed by atoms with E-state index in [1.54, 1.807) is 0 Å². The van der Waals surface area contributed by atoms with Crippen LogP contribution in [-0.2, 0) is 0 Å². The number of rotatable bonds is 3. The molecule has 0 amide bonds. The fourth-order valence-corrected chi connectivity index (χ4v) is 2.17. The lowest BCUT2D eigenvalue weighted by Crippen LogP contribution is -2.22. The molecule has 2 aliphatic rings. The maximum absolute atomic E-state index is 11.0. The Morgan fingerprint density at radius 3 is 1.89 bits per heavy atom. The van der Waals surface area contributed by atoms with Crippen molar-refractivity contribution < 1.29 is 4.92 Å². The molecule has 1 aromatic rings. The number of nitro benzene ring substituents is 1. The Kier molecular flexibility index (Phi) is 2.86. The number of nitrogens with one attached hydrogen (secondary N) is 2. The molecule has 0 bridgehead atoms. The summed E-state index contributed by atoms with van der Waals surface area (Å²) in [5.74, 6) is 1.42. The summed E-state index contributed by atoms with van der Waals surface area (Å²) in [6.07, 6.45) is 0. The first-order chi connectivity index (χ1) is 9.24. The van der Waals surface area contributed by atoms with Crippen LogP contribution in [-0.4, -0.2) is 42.8 Å². The Labute approximate surface area is 109 Å². The summed E-state index contributed by atoms with van der Waals surface area (Å²) >= 11 is 0. The van der Waals surface area contributed by atoms with Gasteiger partial charge in [0, 0.05) is 36.3 Å². The lowest BCUT2D eigenvalue weighted by Gasteiger charge is -2.07. The molecule has 2 heterocycles. The highest BCUT2D eigenvalue weighted by Crippen LogP contribution is 2.19. The number of non-ortho nitro benzene ring substituents is 1. The van der Waals surface area contributed by atoms with Gasteiger partial charge < -0.3 is 10.6 Å². The third-order valence-electron chi connectivity index (χ3n) is 3.02. The Balaban J connectivity index is 2.06. The molecule has 0 aromatic heterocycles. The van der Waals surface area contributed by atoms with Gasteiger partial charge in [0.2, 0.25) is 0 Å². The highest BCUT2D eigenvalue weighted by atomic mass is 16.6. The second kappa shape index (κ2) is 4.68. The fourth-order valence-electron chi connectivity index (χ4n) is 2.17. The van der Waals surface area contributed by atoms with Gasteiger partial charge in [0.15, 0.2) is 0 Å². The highest BCUT2D eigenvalue weighted by molar-refractivity contribution is 6.05. The zero-order chi connectivity index (χ0) is 13.2. The van der Waals surface area contributed by atoms with Gasteiger partial charge in [-0.1, -0.05) is 0 Å². The minimum absolute atomic E-state index is 0.0558. The number of nitro groups is 1. The Bertz CT molecular complexity index is 552. The van der Waals surface area contributed by atoms with Gasteiger partial charge in [0.25, 0.3) is 5.69 Å². The van der Waals surface area contributed by atoms with Crippen molar-refractivity contribution >= 4 is 17.4 Å². The molecule has 0 saturated carbocycles. The van der Waals surface area contributed by atoms with Crippen molar-refractivity contribution in [3.8, 4) is 0 Å². The summed E-state index contributed by atoms with van der Waals surface area (Å²) in [6, 6.07) is 4.95. The van der Waals surface area contributed by atoms with E-state index in [2.05, 4.69) is 20.6 Å². The zero-order valence-electron chi connectivity index (χ0n) is 10.2. The Morgan fingerprint density at radius 1 is 1.00 bits per heavy atom. The summed E-state index contributed by atoms with van der Waals surface area (Å²) < 4.78 is 0. The van der Waals surface area contributed by atoms with Gasteiger partial charge in [-0.2, -0.15) is 0 Å². The van der Waals surface area contributed by atoms with E-state index in [0.29, 0.717) is 24.8 Å². The second-order valence-corrected chi connectivity index (χ2v) is 4.34. The van der Waals surface area contributed by atoms with Crippen molar-refractivity contribution in [2.45, 2.75) is 0 Å². The molecular weight excluding hydrogens is 246 g/mol. The van der Waals surface area contributed by atoms with E-state index in [0.717, 1.165) is 24.2 Å². The predicted molar refractivity (Wildman–Crippen MR) is 71.9 cm³/mol. The van der Waals surface area contributed by atoms with Crippen LogP contribution in [0.5, 0.6) is 0 Å². The van der Waals surface area contributed by atoms with Crippen molar-refractivity contribution in [2.24, 2.45) is 9.98 Å². The van der Waals surface area contributed by atoms with Crippen LogP contribution in [0.1, 0.15) is 11.1 Å². The summed E-state index contributed by atoms with van der Waals surface area (Å²) in [6.45, 7) is 2.94. The van der Waals surface area contributed by atoms with Crippen LogP contribution < -0.4 is 10.6 Å². The Morgan fingerprint density at radius 2 is 1.53 bits per heavy atom. The van der Waals surface area contributed by atoms with Crippen LogP contribution in [0.3, 0.4) is 0 Å². The molecule has 2 N–H and O–H groups in total. The molecular formula is C12H13N5O2. The molecule has 0 aliphatic carbocycles. The molecule has 19 heavy (non-hydrogen) atoms. The van der Waals surface area contributed by atoms with Gasteiger partial charge in [0.1, 0.15) is 11.7 Å². The smallest absolute Gasteiger partial charge is 0.270 e. The molecule has 98 valence electrons. The zero-order valence-corrected chi connectivity index (χ0v) is 10.2. The van der Waals surface area contributed by atoms with Gasteiger partial charge in [-0.3, -0.25) is 20.1 Å². The monoisotopic (exact) mass is 259 g/mol. The summed E-state index contributed by atoms with van der Waals surface area (Å²) in [5.41, 5.74) is 1.52. The number of amidine groups is 2. The number of hydrogen-bond donors (Lipinski definition) is 2. The summed E-state index contributed by atoms with van der Waals surface area (Å²) in [5, 5.41) is 17.3. The third-order valence-corrected chi connectivity index (χ3v) is 3.02. The Hall–Kier alpha value is -2.44. The minimum atomic E-state index is -0.391. The summed E-state index contributed by atoms with van der Waals surface area (Å²) in [4.78, 5) is 19.2. The maximum Gasteiger partial charge on any atom is 0.270 e. The summed E-state index contributed by atoms with van der Waals surface area (Å²) in [7, 11) is 0. The van der Waals surface area contributed by atoms with E-state index in [4.69, 9.17) is 0 Å². The SMILES string of the molecule is O=[N+]([O-])c1cc(C2=NCCN2)cc(C2=NCCN2)c1. The normalized spacial score (nSPS) is 17.5. The van der Waals surface area contributed by atoms with Crippen LogP contribution >= 0.6 is 0 Å². The topological polar surface area (TPSA) is 91.9 Å². The molecule has 7 nitrogen and oxygen atoms in total. The number of benzene rings is 1. The molecule has 7 heteroatoms. The molecule has 0 unspecified atom stereocenters. The van der Waals surface area contributed by atoms with E-state index in [1.807, 2.05) is 6.07 Å². The molecule has 0 saturated heterocycles. The standard InChI is InChI=1S/C12H13N5O2/c18-17(19)10-6-8(11-13-1-2-14-11)5-9(7-10)12-15-3-4-16-12/h5-7H,1-4H2,(H,13,14)(H,15,16). The van der Waals surface area contributed by atoms with E-state index >= 15 is 0 Å². The first-order valence-corrected chi connectivity index (χ1v) is 6.11. The predicted octanol–water partition coefficient (Wildman–Crippen LogP) is 0.294. The van der Waals surface area contributed by atoms with Gasteiger partial charge in [-0.25, -0.2) is 0 Å². The third kappa shape index (κ3) is 2.26. The van der Waals surface area contributed by atoms with Crippen LogP contribution in [0, 0.1) is 10.1 Å². The van der Waals surface area contributed by atoms with Crippen LogP contribution in [0.4, 0.5) is 5.69 Å². The van der Waals surface area contributed by atoms with Gasteiger partial charge >= 0.3 is 0 Å². The van der Waals surface area contributed by atoms with Gasteiger partial charge in [0.05, 0.1) is 18.0 Å². The van der Waals surface area contributed by atoms with Crippen LogP contribution in [0.25, 0.3) is 0 Å². The first kappa shape index (κ1) is 11.6. The fraction of sp³-hybridized carbons (Fsp3) is 0.333. The molecule has 3 rings (SSSR count). The highest BCUT2D eigenvalue weighted by Gasteiger charge is 2.18. The molecule has 0 atom stereocenters. The number of aliphatic imine (C=N–C) groups is 2.